The number of hydrogen-bond acceptors (Lipinski definition) is 4. The highest BCUT2D eigenvalue weighted by Crippen LogP contribution is 2.40. The van der Waals surface area contributed by atoms with Crippen LogP contribution in [0.5, 0.6) is 0 Å². The van der Waals surface area contributed by atoms with Gasteiger partial charge < -0.3 is 14.9 Å². The molecule has 1 atom stereocenters. The number of anilines is 1. The van der Waals surface area contributed by atoms with Crippen LogP contribution in [0.4, 0.5) is 5.69 Å². The van der Waals surface area contributed by atoms with Gasteiger partial charge in [-0.1, -0.05) is 49.2 Å². The minimum atomic E-state index is -0.666. The number of unbranched alkanes of at least 4 members (excludes halogenated alkanes) is 1. The molecule has 0 aliphatic carbocycles. The molecule has 1 N–H and O–H groups in total. The molecule has 1 fully saturated rings. The molecule has 1 saturated heterocycles. The third-order valence-corrected chi connectivity index (χ3v) is 5.35. The summed E-state index contributed by atoms with van der Waals surface area (Å²) in [7, 11) is 3.89. The molecule has 1 aliphatic heterocycles. The van der Waals surface area contributed by atoms with Gasteiger partial charge in [-0.15, -0.1) is 0 Å². The lowest BCUT2D eigenvalue weighted by molar-refractivity contribution is -0.139. The van der Waals surface area contributed by atoms with Crippen LogP contribution in [0.25, 0.3) is 5.76 Å². The van der Waals surface area contributed by atoms with Crippen LogP contribution in [0, 0.1) is 0 Å². The second-order valence-electron chi connectivity index (χ2n) is 7.34. The molecule has 152 valence electrons. The number of rotatable bonds is 6. The first-order valence-corrected chi connectivity index (χ1v) is 10.0. The van der Waals surface area contributed by atoms with Gasteiger partial charge in [-0.05, 0) is 36.2 Å². The summed E-state index contributed by atoms with van der Waals surface area (Å²) in [5.74, 6) is -1.45. The Balaban J connectivity index is 2.14. The molecule has 29 heavy (non-hydrogen) atoms. The van der Waals surface area contributed by atoms with Crippen LogP contribution in [-0.2, 0) is 9.59 Å². The Morgan fingerprint density at radius 3 is 2.41 bits per heavy atom. The Hall–Kier alpha value is -2.79. The largest absolute Gasteiger partial charge is 0.507 e. The van der Waals surface area contributed by atoms with E-state index in [1.165, 1.54) is 0 Å². The van der Waals surface area contributed by atoms with E-state index in [0.717, 1.165) is 24.1 Å². The topological polar surface area (TPSA) is 60.9 Å². The highest BCUT2D eigenvalue weighted by atomic mass is 35.5. The summed E-state index contributed by atoms with van der Waals surface area (Å²) in [6.07, 6.45) is 1.67. The Morgan fingerprint density at radius 1 is 1.14 bits per heavy atom. The summed E-state index contributed by atoms with van der Waals surface area (Å²) in [6, 6.07) is 13.7. The van der Waals surface area contributed by atoms with E-state index in [4.69, 9.17) is 11.6 Å². The summed E-state index contributed by atoms with van der Waals surface area (Å²) < 4.78 is 0. The summed E-state index contributed by atoms with van der Waals surface area (Å²) >= 11 is 6.06. The van der Waals surface area contributed by atoms with Gasteiger partial charge in [-0.3, -0.25) is 9.59 Å². The lowest BCUT2D eigenvalue weighted by Crippen LogP contribution is -2.30. The van der Waals surface area contributed by atoms with E-state index in [1.807, 2.05) is 50.2 Å². The zero-order valence-electron chi connectivity index (χ0n) is 16.9. The number of amides is 1. The number of carbonyl (C=O) groups is 2. The molecule has 1 unspecified atom stereocenters. The zero-order chi connectivity index (χ0) is 21.1. The van der Waals surface area contributed by atoms with Crippen molar-refractivity contribution in [1.82, 2.24) is 4.90 Å². The van der Waals surface area contributed by atoms with Crippen molar-refractivity contribution in [3.05, 3.63) is 70.3 Å². The predicted octanol–water partition coefficient (Wildman–Crippen LogP) is 4.63. The number of aliphatic hydroxyl groups excluding tert-OH is 1. The van der Waals surface area contributed by atoms with Gasteiger partial charge in [0, 0.05) is 36.9 Å². The van der Waals surface area contributed by atoms with Crippen LogP contribution in [0.2, 0.25) is 5.02 Å². The highest BCUT2D eigenvalue weighted by Gasteiger charge is 2.45. The number of nitrogens with zero attached hydrogens (tertiary/aromatic N) is 2. The van der Waals surface area contributed by atoms with Crippen molar-refractivity contribution >= 4 is 34.7 Å². The van der Waals surface area contributed by atoms with Crippen LogP contribution in [0.1, 0.15) is 36.9 Å². The van der Waals surface area contributed by atoms with Crippen LogP contribution in [-0.4, -0.2) is 42.3 Å². The lowest BCUT2D eigenvalue weighted by atomic mass is 9.95. The molecule has 5 nitrogen and oxygen atoms in total. The van der Waals surface area contributed by atoms with Crippen molar-refractivity contribution in [3.8, 4) is 0 Å². The summed E-state index contributed by atoms with van der Waals surface area (Å²) in [6.45, 7) is 2.48. The third-order valence-electron chi connectivity index (χ3n) is 5.12. The summed E-state index contributed by atoms with van der Waals surface area (Å²) in [5.41, 5.74) is 2.32. The standard InChI is InChI=1S/C23H25ClN2O3/c1-4-5-13-26-20(15-9-11-18(12-10-15)25(2)3)19(22(28)23(26)29)21(27)16-7-6-8-17(24)14-16/h6-12,14,20,27H,4-5,13H2,1-3H3/b21-19-. The highest BCUT2D eigenvalue weighted by molar-refractivity contribution is 6.46. The number of likely N-dealkylation sites (tertiary alicyclic amines) is 1. The molecular weight excluding hydrogens is 388 g/mol. The number of aliphatic hydroxyl groups is 1. The van der Waals surface area contributed by atoms with Crippen molar-refractivity contribution in [2.24, 2.45) is 0 Å². The van der Waals surface area contributed by atoms with Gasteiger partial charge >= 0.3 is 0 Å². The molecule has 1 aliphatic rings. The van der Waals surface area contributed by atoms with E-state index < -0.39 is 17.7 Å². The Labute approximate surface area is 176 Å². The fraction of sp³-hybridized carbons (Fsp3) is 0.304. The molecule has 0 bridgehead atoms. The smallest absolute Gasteiger partial charge is 0.295 e. The van der Waals surface area contributed by atoms with Gasteiger partial charge in [0.1, 0.15) is 5.76 Å². The van der Waals surface area contributed by atoms with Gasteiger partial charge in [0.25, 0.3) is 11.7 Å². The number of hydrogen-bond donors (Lipinski definition) is 1. The van der Waals surface area contributed by atoms with E-state index in [2.05, 4.69) is 0 Å². The first-order valence-electron chi connectivity index (χ1n) is 9.66. The minimum absolute atomic E-state index is 0.103. The molecule has 0 spiro atoms. The van der Waals surface area contributed by atoms with Gasteiger partial charge in [0.05, 0.1) is 11.6 Å². The van der Waals surface area contributed by atoms with E-state index in [-0.39, 0.29) is 11.3 Å². The van der Waals surface area contributed by atoms with E-state index in [9.17, 15) is 14.7 Å². The lowest BCUT2D eigenvalue weighted by Gasteiger charge is -2.25. The van der Waals surface area contributed by atoms with Crippen LogP contribution in [0.15, 0.2) is 54.1 Å². The molecule has 1 amide bonds. The molecule has 0 aromatic heterocycles. The average molecular weight is 413 g/mol. The van der Waals surface area contributed by atoms with E-state index in [1.54, 1.807) is 29.2 Å². The Kier molecular flexibility index (Phi) is 6.28. The maximum atomic E-state index is 12.9. The molecule has 0 radical (unpaired) electrons. The van der Waals surface area contributed by atoms with Crippen molar-refractivity contribution in [2.45, 2.75) is 25.8 Å². The molecule has 3 rings (SSSR count). The van der Waals surface area contributed by atoms with Crippen molar-refractivity contribution in [2.75, 3.05) is 25.5 Å². The van der Waals surface area contributed by atoms with Crippen LogP contribution in [0.3, 0.4) is 0 Å². The minimum Gasteiger partial charge on any atom is -0.507 e. The van der Waals surface area contributed by atoms with Gasteiger partial charge in [-0.2, -0.15) is 0 Å². The molecule has 0 saturated carbocycles. The van der Waals surface area contributed by atoms with Gasteiger partial charge in [0.15, 0.2) is 0 Å². The van der Waals surface area contributed by atoms with Crippen molar-refractivity contribution < 1.29 is 14.7 Å². The van der Waals surface area contributed by atoms with Crippen molar-refractivity contribution in [3.63, 3.8) is 0 Å². The third kappa shape index (κ3) is 4.15. The average Bonchev–Trinajstić information content (AvgIpc) is 2.96. The van der Waals surface area contributed by atoms with Crippen molar-refractivity contribution in [1.29, 1.82) is 0 Å². The second-order valence-corrected chi connectivity index (χ2v) is 7.78. The summed E-state index contributed by atoms with van der Waals surface area (Å²) in [4.78, 5) is 29.2. The number of carbonyl (C=O) groups excluding carboxylic acids is 2. The Morgan fingerprint density at radius 2 is 1.83 bits per heavy atom. The number of ketones is 1. The number of benzene rings is 2. The predicted molar refractivity (Wildman–Crippen MR) is 116 cm³/mol. The maximum Gasteiger partial charge on any atom is 0.295 e. The SMILES string of the molecule is CCCCN1C(=O)C(=O)/C(=C(\O)c2cccc(Cl)c2)C1c1ccc(N(C)C)cc1. The second kappa shape index (κ2) is 8.70. The quantitative estimate of drug-likeness (QED) is 0.427. The van der Waals surface area contributed by atoms with Crippen LogP contribution >= 0.6 is 11.6 Å². The maximum absolute atomic E-state index is 12.9. The number of halogens is 1. The Bertz CT molecular complexity index is 951. The number of Topliss-reactive ketones (excluding diaryl/α,β-unsaturated/α-hetero) is 1. The monoisotopic (exact) mass is 412 g/mol. The molecule has 2 aromatic rings. The molecule has 1 heterocycles. The molecular formula is C23H25ClN2O3. The normalized spacial score (nSPS) is 18.3. The van der Waals surface area contributed by atoms with Gasteiger partial charge in [-0.25, -0.2) is 0 Å². The first kappa shape index (κ1) is 20.9. The molecule has 6 heteroatoms. The zero-order valence-corrected chi connectivity index (χ0v) is 17.6. The fourth-order valence-corrected chi connectivity index (χ4v) is 3.72. The van der Waals surface area contributed by atoms with E-state index >= 15 is 0 Å². The van der Waals surface area contributed by atoms with Crippen LogP contribution < -0.4 is 4.90 Å². The fourth-order valence-electron chi connectivity index (χ4n) is 3.53. The van der Waals surface area contributed by atoms with Gasteiger partial charge in [0.2, 0.25) is 0 Å². The van der Waals surface area contributed by atoms with E-state index in [0.29, 0.717) is 17.1 Å². The molecule has 2 aromatic carbocycles. The first-order chi connectivity index (χ1) is 13.8. The summed E-state index contributed by atoms with van der Waals surface area (Å²) in [5, 5.41) is 11.4.